The summed E-state index contributed by atoms with van der Waals surface area (Å²) >= 11 is 0. The number of rotatable bonds is 3. The molecule has 1 aromatic heterocycles. The average molecular weight is 465 g/mol. The van der Waals surface area contributed by atoms with E-state index in [4.69, 9.17) is 0 Å². The first kappa shape index (κ1) is 22.5. The predicted molar refractivity (Wildman–Crippen MR) is 134 cm³/mol. The number of carbonyl (C=O) groups is 1. The predicted octanol–water partition coefficient (Wildman–Crippen LogP) is 4.15. The van der Waals surface area contributed by atoms with E-state index >= 15 is 8.78 Å². The summed E-state index contributed by atoms with van der Waals surface area (Å²) in [5.41, 5.74) is 4.21. The molecule has 0 saturated heterocycles. The first-order chi connectivity index (χ1) is 17.0. The fourth-order valence-corrected chi connectivity index (χ4v) is 4.57. The lowest BCUT2D eigenvalue weighted by atomic mass is 9.99. The van der Waals surface area contributed by atoms with E-state index in [1.165, 1.54) is 17.0 Å². The number of hydrogen-bond donors (Lipinski definition) is 0. The molecular weight excluding hydrogens is 442 g/mol. The van der Waals surface area contributed by atoms with Crippen LogP contribution in [0.15, 0.2) is 65.9 Å². The van der Waals surface area contributed by atoms with Crippen LogP contribution in [0.1, 0.15) is 23.7 Å². The number of pyridine rings is 1. The third kappa shape index (κ3) is 4.20. The van der Waals surface area contributed by atoms with Crippen molar-refractivity contribution in [2.24, 2.45) is 0 Å². The van der Waals surface area contributed by atoms with E-state index in [-0.39, 0.29) is 18.0 Å². The molecule has 1 amide bonds. The quantitative estimate of drug-likeness (QED) is 0.546. The summed E-state index contributed by atoms with van der Waals surface area (Å²) in [5, 5.41) is 1.44. The molecule has 172 valence electrons. The molecule has 0 fully saturated rings. The van der Waals surface area contributed by atoms with E-state index < -0.39 is 11.6 Å². The summed E-state index contributed by atoms with van der Waals surface area (Å²) in [5.74, 6) is 4.09. The van der Waals surface area contributed by atoms with Crippen molar-refractivity contribution < 1.29 is 13.6 Å². The zero-order valence-electron chi connectivity index (χ0n) is 19.2. The van der Waals surface area contributed by atoms with Crippen LogP contribution in [0.4, 0.5) is 8.78 Å². The molecule has 2 aliphatic rings. The second kappa shape index (κ2) is 9.15. The number of benzene rings is 2. The van der Waals surface area contributed by atoms with Gasteiger partial charge in [-0.25, -0.2) is 8.78 Å². The van der Waals surface area contributed by atoms with Crippen molar-refractivity contribution in [1.82, 2.24) is 9.88 Å². The molecule has 0 unspecified atom stereocenters. The molecule has 3 nitrogen and oxygen atoms in total. The minimum atomic E-state index is -0.693. The first-order valence-electron chi connectivity index (χ1n) is 11.3. The zero-order valence-corrected chi connectivity index (χ0v) is 19.2. The van der Waals surface area contributed by atoms with Crippen LogP contribution in [0.25, 0.3) is 29.9 Å². The Labute approximate surface area is 202 Å². The molecule has 1 aliphatic heterocycles. The van der Waals surface area contributed by atoms with Gasteiger partial charge < -0.3 is 4.90 Å². The Morgan fingerprint density at radius 3 is 2.71 bits per heavy atom. The SMILES string of the molecule is C=c1cccc(-c2cc(F)c(CN3CC4=C(Cc5cccnc5C=C4)C3=O)c(F)c2)/c1=C/C#CC. The van der Waals surface area contributed by atoms with E-state index in [2.05, 4.69) is 23.4 Å². The molecule has 5 rings (SSSR count). The summed E-state index contributed by atoms with van der Waals surface area (Å²) < 4.78 is 30.5. The number of amides is 1. The molecule has 0 radical (unpaired) electrons. The molecule has 2 aromatic carbocycles. The van der Waals surface area contributed by atoms with E-state index in [0.29, 0.717) is 29.7 Å². The Morgan fingerprint density at radius 1 is 1.14 bits per heavy atom. The van der Waals surface area contributed by atoms with Crippen LogP contribution < -0.4 is 10.4 Å². The third-order valence-electron chi connectivity index (χ3n) is 6.39. The fraction of sp³-hybridized carbons (Fsp3) is 0.133. The maximum atomic E-state index is 15.2. The van der Waals surface area contributed by atoms with E-state index in [0.717, 1.165) is 27.3 Å². The zero-order chi connectivity index (χ0) is 24.5. The smallest absolute Gasteiger partial charge is 0.251 e. The first-order valence-corrected chi connectivity index (χ1v) is 11.3. The van der Waals surface area contributed by atoms with Crippen molar-refractivity contribution in [3.63, 3.8) is 0 Å². The second-order valence-corrected chi connectivity index (χ2v) is 8.56. The molecule has 1 aliphatic carbocycles. The van der Waals surface area contributed by atoms with Gasteiger partial charge in [-0.1, -0.05) is 42.8 Å². The van der Waals surface area contributed by atoms with Crippen LogP contribution in [0.3, 0.4) is 0 Å². The lowest BCUT2D eigenvalue weighted by Gasteiger charge is -2.19. The number of fused-ring (bicyclic) bond motifs is 1. The van der Waals surface area contributed by atoms with Gasteiger partial charge in [0.2, 0.25) is 0 Å². The third-order valence-corrected chi connectivity index (χ3v) is 6.39. The lowest BCUT2D eigenvalue weighted by Crippen LogP contribution is -2.28. The fourth-order valence-electron chi connectivity index (χ4n) is 4.57. The van der Waals surface area contributed by atoms with Crippen molar-refractivity contribution in [2.75, 3.05) is 6.54 Å². The molecule has 0 bridgehead atoms. The highest BCUT2D eigenvalue weighted by Gasteiger charge is 2.32. The molecule has 0 N–H and O–H groups in total. The number of hydrogen-bond acceptors (Lipinski definition) is 2. The number of aromatic nitrogens is 1. The van der Waals surface area contributed by atoms with Gasteiger partial charge in [0.15, 0.2) is 0 Å². The summed E-state index contributed by atoms with van der Waals surface area (Å²) in [6.45, 7) is 5.89. The van der Waals surface area contributed by atoms with Crippen LogP contribution in [-0.4, -0.2) is 22.3 Å². The van der Waals surface area contributed by atoms with Gasteiger partial charge in [0.05, 0.1) is 12.2 Å². The second-order valence-electron chi connectivity index (χ2n) is 8.56. The Hall–Kier alpha value is -4.30. The van der Waals surface area contributed by atoms with E-state index in [1.807, 2.05) is 30.4 Å². The molecule has 0 spiro atoms. The Morgan fingerprint density at radius 2 is 1.94 bits per heavy atom. The van der Waals surface area contributed by atoms with Gasteiger partial charge in [-0.2, -0.15) is 0 Å². The van der Waals surface area contributed by atoms with Gasteiger partial charge in [0, 0.05) is 30.3 Å². The van der Waals surface area contributed by atoms with Gasteiger partial charge in [0.25, 0.3) is 5.91 Å². The van der Waals surface area contributed by atoms with Gasteiger partial charge in [-0.15, -0.1) is 5.92 Å². The van der Waals surface area contributed by atoms with Crippen LogP contribution in [-0.2, 0) is 17.8 Å². The molecule has 2 heterocycles. The normalized spacial score (nSPS) is 15.0. The molecule has 0 saturated carbocycles. The number of carbonyl (C=O) groups excluding carboxylic acids is 1. The van der Waals surface area contributed by atoms with Gasteiger partial charge in [-0.3, -0.25) is 9.78 Å². The topological polar surface area (TPSA) is 33.2 Å². The Balaban J connectivity index is 1.44. The van der Waals surface area contributed by atoms with Crippen molar-refractivity contribution in [2.45, 2.75) is 19.9 Å². The van der Waals surface area contributed by atoms with E-state index in [9.17, 15) is 4.79 Å². The minimum absolute atomic E-state index is 0.129. The molecule has 35 heavy (non-hydrogen) atoms. The largest absolute Gasteiger partial charge is 0.330 e. The van der Waals surface area contributed by atoms with Crippen molar-refractivity contribution in [3.8, 4) is 23.0 Å². The Bertz CT molecular complexity index is 1580. The highest BCUT2D eigenvalue weighted by atomic mass is 19.1. The van der Waals surface area contributed by atoms with Gasteiger partial charge in [0.1, 0.15) is 11.6 Å². The molecule has 3 aromatic rings. The van der Waals surface area contributed by atoms with Crippen molar-refractivity contribution in [1.29, 1.82) is 0 Å². The summed E-state index contributed by atoms with van der Waals surface area (Å²) in [7, 11) is 0. The summed E-state index contributed by atoms with van der Waals surface area (Å²) in [6, 6.07) is 11.8. The van der Waals surface area contributed by atoms with Crippen LogP contribution in [0, 0.1) is 23.5 Å². The molecular formula is C30H22F2N2O. The molecule has 5 heteroatoms. The maximum absolute atomic E-state index is 15.2. The highest BCUT2D eigenvalue weighted by Crippen LogP contribution is 2.31. The summed E-state index contributed by atoms with van der Waals surface area (Å²) in [4.78, 5) is 19.0. The van der Waals surface area contributed by atoms with Crippen molar-refractivity contribution >= 4 is 24.6 Å². The molecule has 0 atom stereocenters. The van der Waals surface area contributed by atoms with Crippen LogP contribution >= 0.6 is 0 Å². The van der Waals surface area contributed by atoms with Crippen LogP contribution in [0.5, 0.6) is 0 Å². The summed E-state index contributed by atoms with van der Waals surface area (Å²) in [6.07, 6.45) is 7.63. The standard InChI is InChI=1S/C30H22F2N2O/c1-3-4-9-23-19(2)7-5-10-24(23)22-15-27(31)26(28(32)16-22)18-34-17-21-11-12-29-20(8-6-13-33-29)14-25(21)30(34)35/h5-13,15-16H,2,14,17-18H2,1H3/b23-9+. The van der Waals surface area contributed by atoms with Crippen molar-refractivity contribution in [3.05, 3.63) is 105 Å². The monoisotopic (exact) mass is 464 g/mol. The lowest BCUT2D eigenvalue weighted by molar-refractivity contribution is -0.126. The highest BCUT2D eigenvalue weighted by molar-refractivity contribution is 5.99. The number of nitrogens with zero attached hydrogens (tertiary/aromatic N) is 2. The maximum Gasteiger partial charge on any atom is 0.251 e. The average Bonchev–Trinajstić information content (AvgIpc) is 3.01. The van der Waals surface area contributed by atoms with Gasteiger partial charge >= 0.3 is 0 Å². The van der Waals surface area contributed by atoms with E-state index in [1.54, 1.807) is 31.3 Å². The van der Waals surface area contributed by atoms with Gasteiger partial charge in [-0.05, 0) is 70.0 Å². The Kier molecular flexibility index (Phi) is 5.88. The minimum Gasteiger partial charge on any atom is -0.330 e. The number of halogens is 2. The van der Waals surface area contributed by atoms with Crippen LogP contribution in [0.2, 0.25) is 0 Å².